The van der Waals surface area contributed by atoms with Crippen molar-refractivity contribution in [3.8, 4) is 11.1 Å². The Balaban J connectivity index is 1.91. The maximum atomic E-state index is 13.3. The van der Waals surface area contributed by atoms with Crippen LogP contribution in [-0.2, 0) is 6.54 Å². The molecule has 0 saturated heterocycles. The molecule has 0 atom stereocenters. The number of hydrogen-bond donors (Lipinski definition) is 1. The highest BCUT2D eigenvalue weighted by Crippen LogP contribution is 2.33. The second kappa shape index (κ2) is 4.82. The smallest absolute Gasteiger partial charge is 0.123 e. The molecule has 1 N–H and O–H groups in total. The third-order valence-corrected chi connectivity index (χ3v) is 4.28. The Hall–Kier alpha value is -1.19. The maximum absolute atomic E-state index is 13.3. The molecule has 0 spiro atoms. The van der Waals surface area contributed by atoms with Crippen molar-refractivity contribution in [3.05, 3.63) is 45.9 Å². The van der Waals surface area contributed by atoms with Crippen molar-refractivity contribution in [2.45, 2.75) is 32.4 Å². The first-order valence-corrected chi connectivity index (χ1v) is 7.18. The number of hydrogen-bond acceptors (Lipinski definition) is 2. The van der Waals surface area contributed by atoms with Crippen LogP contribution in [0.4, 0.5) is 4.39 Å². The van der Waals surface area contributed by atoms with E-state index in [0.29, 0.717) is 6.04 Å². The Morgan fingerprint density at radius 2 is 2.22 bits per heavy atom. The van der Waals surface area contributed by atoms with E-state index in [1.165, 1.54) is 34.9 Å². The van der Waals surface area contributed by atoms with E-state index in [2.05, 4.69) is 17.6 Å². The van der Waals surface area contributed by atoms with E-state index in [1.807, 2.05) is 6.07 Å². The van der Waals surface area contributed by atoms with Crippen molar-refractivity contribution in [1.82, 2.24) is 5.32 Å². The first-order valence-electron chi connectivity index (χ1n) is 6.30. The first-order chi connectivity index (χ1) is 8.74. The van der Waals surface area contributed by atoms with E-state index < -0.39 is 0 Å². The van der Waals surface area contributed by atoms with Gasteiger partial charge in [0, 0.05) is 17.5 Å². The molecular formula is C15H16FNS. The molecule has 1 fully saturated rings. The van der Waals surface area contributed by atoms with Gasteiger partial charge in [0.1, 0.15) is 5.82 Å². The summed E-state index contributed by atoms with van der Waals surface area (Å²) in [6, 6.07) is 7.58. The molecule has 0 aliphatic heterocycles. The zero-order chi connectivity index (χ0) is 12.5. The average Bonchev–Trinajstić information content (AvgIpc) is 3.10. The highest BCUT2D eigenvalue weighted by atomic mass is 32.1. The molecule has 1 saturated carbocycles. The highest BCUT2D eigenvalue weighted by Gasteiger charge is 2.21. The summed E-state index contributed by atoms with van der Waals surface area (Å²) in [5, 5.41) is 5.71. The van der Waals surface area contributed by atoms with Gasteiger partial charge in [-0.25, -0.2) is 4.39 Å². The first kappa shape index (κ1) is 11.9. The van der Waals surface area contributed by atoms with Gasteiger partial charge in [0.25, 0.3) is 0 Å². The van der Waals surface area contributed by atoms with Crippen LogP contribution in [0.2, 0.25) is 0 Å². The zero-order valence-electron chi connectivity index (χ0n) is 10.4. The van der Waals surface area contributed by atoms with Crippen LogP contribution < -0.4 is 5.32 Å². The quantitative estimate of drug-likeness (QED) is 0.873. The fraction of sp³-hybridized carbons (Fsp3) is 0.333. The molecule has 3 heteroatoms. The van der Waals surface area contributed by atoms with E-state index in [9.17, 15) is 4.39 Å². The summed E-state index contributed by atoms with van der Waals surface area (Å²) in [4.78, 5) is 1.26. The van der Waals surface area contributed by atoms with Crippen LogP contribution >= 0.6 is 11.3 Å². The molecular weight excluding hydrogens is 245 g/mol. The van der Waals surface area contributed by atoms with Crippen LogP contribution in [0, 0.1) is 12.7 Å². The van der Waals surface area contributed by atoms with Crippen LogP contribution in [0.15, 0.2) is 29.6 Å². The molecule has 0 bridgehead atoms. The molecule has 18 heavy (non-hydrogen) atoms. The fourth-order valence-corrected chi connectivity index (χ4v) is 3.09. The van der Waals surface area contributed by atoms with Gasteiger partial charge < -0.3 is 5.32 Å². The lowest BCUT2D eigenvalue weighted by atomic mass is 10.0. The van der Waals surface area contributed by atoms with E-state index in [1.54, 1.807) is 23.5 Å². The third-order valence-electron chi connectivity index (χ3n) is 3.32. The van der Waals surface area contributed by atoms with Gasteiger partial charge in [-0.05, 0) is 54.0 Å². The van der Waals surface area contributed by atoms with Crippen LogP contribution in [0.1, 0.15) is 23.3 Å². The molecule has 1 aromatic carbocycles. The van der Waals surface area contributed by atoms with Gasteiger partial charge in [0.2, 0.25) is 0 Å². The summed E-state index contributed by atoms with van der Waals surface area (Å²) in [6.45, 7) is 2.99. The Morgan fingerprint density at radius 3 is 2.94 bits per heavy atom. The molecule has 1 aliphatic carbocycles. The molecule has 94 valence electrons. The van der Waals surface area contributed by atoms with Crippen LogP contribution in [0.3, 0.4) is 0 Å². The monoisotopic (exact) mass is 261 g/mol. The van der Waals surface area contributed by atoms with E-state index in [4.69, 9.17) is 0 Å². The van der Waals surface area contributed by atoms with Gasteiger partial charge in [-0.15, -0.1) is 11.3 Å². The van der Waals surface area contributed by atoms with Gasteiger partial charge in [-0.2, -0.15) is 0 Å². The van der Waals surface area contributed by atoms with Gasteiger partial charge in [0.05, 0.1) is 0 Å². The van der Waals surface area contributed by atoms with Crippen LogP contribution in [0.5, 0.6) is 0 Å². The molecule has 1 aromatic heterocycles. The van der Waals surface area contributed by atoms with Gasteiger partial charge in [-0.3, -0.25) is 0 Å². The summed E-state index contributed by atoms with van der Waals surface area (Å²) in [7, 11) is 0. The average molecular weight is 261 g/mol. The summed E-state index contributed by atoms with van der Waals surface area (Å²) in [6.07, 6.45) is 2.58. The highest BCUT2D eigenvalue weighted by molar-refractivity contribution is 7.10. The fourth-order valence-electron chi connectivity index (χ4n) is 2.21. The normalized spacial score (nSPS) is 15.0. The van der Waals surface area contributed by atoms with Crippen molar-refractivity contribution in [3.63, 3.8) is 0 Å². The predicted molar refractivity (Wildman–Crippen MR) is 74.3 cm³/mol. The Labute approximate surface area is 111 Å². The Morgan fingerprint density at radius 1 is 1.39 bits per heavy atom. The van der Waals surface area contributed by atoms with Crippen LogP contribution in [-0.4, -0.2) is 6.04 Å². The summed E-state index contributed by atoms with van der Waals surface area (Å²) >= 11 is 1.74. The molecule has 3 rings (SSSR count). The molecule has 0 amide bonds. The Bertz CT molecular complexity index is 557. The van der Waals surface area contributed by atoms with E-state index >= 15 is 0 Å². The molecule has 2 aromatic rings. The lowest BCUT2D eigenvalue weighted by Crippen LogP contribution is -2.15. The minimum absolute atomic E-state index is 0.167. The van der Waals surface area contributed by atoms with Crippen LogP contribution in [0.25, 0.3) is 11.1 Å². The number of thiophene rings is 1. The van der Waals surface area contributed by atoms with Gasteiger partial charge in [0.15, 0.2) is 0 Å². The molecule has 1 aliphatic rings. The van der Waals surface area contributed by atoms with Gasteiger partial charge in [-0.1, -0.05) is 12.1 Å². The van der Waals surface area contributed by atoms with Gasteiger partial charge >= 0.3 is 0 Å². The second-order valence-electron chi connectivity index (χ2n) is 4.86. The number of aryl methyl sites for hydroxylation is 1. The topological polar surface area (TPSA) is 12.0 Å². The van der Waals surface area contributed by atoms with E-state index in [-0.39, 0.29) is 5.82 Å². The minimum Gasteiger partial charge on any atom is -0.310 e. The predicted octanol–water partition coefficient (Wildman–Crippen LogP) is 4.11. The minimum atomic E-state index is -0.167. The number of halogens is 1. The summed E-state index contributed by atoms with van der Waals surface area (Å²) < 4.78 is 13.3. The van der Waals surface area contributed by atoms with Crippen molar-refractivity contribution < 1.29 is 4.39 Å². The standard InChI is InChI=1S/C15H16FNS/c1-10-15(11-3-2-4-13(16)7-11)12(9-18-10)8-17-14-5-6-14/h2-4,7,9,14,17H,5-6,8H2,1H3. The van der Waals surface area contributed by atoms with Crippen molar-refractivity contribution in [2.24, 2.45) is 0 Å². The lowest BCUT2D eigenvalue weighted by Gasteiger charge is -2.07. The molecule has 0 radical (unpaired) electrons. The molecule has 0 unspecified atom stereocenters. The largest absolute Gasteiger partial charge is 0.310 e. The lowest BCUT2D eigenvalue weighted by molar-refractivity contribution is 0.628. The summed E-state index contributed by atoms with van der Waals surface area (Å²) in [5.74, 6) is -0.167. The zero-order valence-corrected chi connectivity index (χ0v) is 11.2. The Kier molecular flexibility index (Phi) is 3.18. The molecule has 1 nitrogen and oxygen atoms in total. The van der Waals surface area contributed by atoms with E-state index in [0.717, 1.165) is 12.1 Å². The van der Waals surface area contributed by atoms with Crippen molar-refractivity contribution >= 4 is 11.3 Å². The van der Waals surface area contributed by atoms with Crippen molar-refractivity contribution in [2.75, 3.05) is 0 Å². The van der Waals surface area contributed by atoms with Crippen molar-refractivity contribution in [1.29, 1.82) is 0 Å². The number of nitrogens with one attached hydrogen (secondary N) is 1. The third kappa shape index (κ3) is 2.47. The maximum Gasteiger partial charge on any atom is 0.123 e. The molecule has 1 heterocycles. The summed E-state index contributed by atoms with van der Waals surface area (Å²) in [5.41, 5.74) is 3.48. The number of benzene rings is 1. The number of rotatable bonds is 4. The SMILES string of the molecule is Cc1scc(CNC2CC2)c1-c1cccc(F)c1. The second-order valence-corrected chi connectivity index (χ2v) is 5.94.